The van der Waals surface area contributed by atoms with Crippen LogP contribution in [0.3, 0.4) is 0 Å². The van der Waals surface area contributed by atoms with Crippen LogP contribution in [0, 0.1) is 5.41 Å². The van der Waals surface area contributed by atoms with E-state index in [0.29, 0.717) is 5.78 Å². The van der Waals surface area contributed by atoms with Gasteiger partial charge in [-0.25, -0.2) is 0 Å². The lowest BCUT2D eigenvalue weighted by Gasteiger charge is -2.35. The van der Waals surface area contributed by atoms with Crippen LogP contribution in [0.2, 0.25) is 0 Å². The summed E-state index contributed by atoms with van der Waals surface area (Å²) in [7, 11) is 0. The molecule has 0 aromatic heterocycles. The maximum Gasteiger partial charge on any atom is 0.133 e. The van der Waals surface area contributed by atoms with Gasteiger partial charge in [0.1, 0.15) is 5.78 Å². The standard InChI is InChI=1S/C10H15ClO/c11-9-4-2-6-10(9)5-1-3-8(12)7-10/h9H,1-7H2/t9-,10+/m0/s1. The number of hydrogen-bond donors (Lipinski definition) is 0. The second-order valence-electron chi connectivity index (χ2n) is 4.29. The SMILES string of the molecule is O=C1CCC[C@@]2(CCC[C@@H]2Cl)C1. The van der Waals surface area contributed by atoms with E-state index in [4.69, 9.17) is 11.6 Å². The van der Waals surface area contributed by atoms with E-state index in [-0.39, 0.29) is 10.8 Å². The average molecular weight is 187 g/mol. The Morgan fingerprint density at radius 2 is 2.08 bits per heavy atom. The first kappa shape index (κ1) is 8.55. The predicted molar refractivity (Wildman–Crippen MR) is 49.4 cm³/mol. The van der Waals surface area contributed by atoms with Crippen molar-refractivity contribution in [2.45, 2.75) is 50.3 Å². The van der Waals surface area contributed by atoms with Crippen LogP contribution in [0.1, 0.15) is 44.9 Å². The minimum absolute atomic E-state index is 0.219. The molecule has 12 heavy (non-hydrogen) atoms. The molecule has 2 saturated carbocycles. The molecule has 0 radical (unpaired) electrons. The van der Waals surface area contributed by atoms with Crippen molar-refractivity contribution in [2.24, 2.45) is 5.41 Å². The van der Waals surface area contributed by atoms with Gasteiger partial charge >= 0.3 is 0 Å². The Bertz CT molecular complexity index is 202. The van der Waals surface area contributed by atoms with E-state index >= 15 is 0 Å². The van der Waals surface area contributed by atoms with Crippen LogP contribution in [0.4, 0.5) is 0 Å². The Hall–Kier alpha value is -0.0400. The lowest BCUT2D eigenvalue weighted by Crippen LogP contribution is -2.32. The molecule has 2 aliphatic rings. The first-order valence-corrected chi connectivity index (χ1v) is 5.32. The number of hydrogen-bond acceptors (Lipinski definition) is 1. The first-order valence-electron chi connectivity index (χ1n) is 4.89. The Kier molecular flexibility index (Phi) is 2.16. The molecule has 2 aliphatic carbocycles. The highest BCUT2D eigenvalue weighted by Crippen LogP contribution is 2.50. The van der Waals surface area contributed by atoms with Crippen LogP contribution in [0.25, 0.3) is 0 Å². The molecule has 0 aromatic rings. The van der Waals surface area contributed by atoms with Gasteiger partial charge in [-0.1, -0.05) is 6.42 Å². The smallest absolute Gasteiger partial charge is 0.133 e. The molecule has 0 unspecified atom stereocenters. The van der Waals surface area contributed by atoms with Crippen LogP contribution in [-0.2, 0) is 4.79 Å². The predicted octanol–water partition coefficient (Wildman–Crippen LogP) is 2.91. The highest BCUT2D eigenvalue weighted by Gasteiger charge is 2.44. The van der Waals surface area contributed by atoms with Crippen LogP contribution < -0.4 is 0 Å². The molecule has 2 rings (SSSR count). The fourth-order valence-corrected chi connectivity index (χ4v) is 3.23. The van der Waals surface area contributed by atoms with Gasteiger partial charge in [0, 0.05) is 18.2 Å². The summed E-state index contributed by atoms with van der Waals surface area (Å²) in [5.41, 5.74) is 0.219. The number of alkyl halides is 1. The molecule has 0 saturated heterocycles. The van der Waals surface area contributed by atoms with Gasteiger partial charge in [-0.3, -0.25) is 4.79 Å². The third-order valence-corrected chi connectivity index (χ3v) is 4.16. The zero-order valence-electron chi connectivity index (χ0n) is 7.31. The van der Waals surface area contributed by atoms with Gasteiger partial charge in [-0.2, -0.15) is 0 Å². The van der Waals surface area contributed by atoms with Crippen molar-refractivity contribution >= 4 is 17.4 Å². The third kappa shape index (κ3) is 1.28. The van der Waals surface area contributed by atoms with Crippen molar-refractivity contribution in [3.8, 4) is 0 Å². The maximum atomic E-state index is 11.3. The molecule has 2 heteroatoms. The average Bonchev–Trinajstić information content (AvgIpc) is 2.33. The molecule has 0 heterocycles. The fourth-order valence-electron chi connectivity index (χ4n) is 2.78. The summed E-state index contributed by atoms with van der Waals surface area (Å²) < 4.78 is 0. The number of carbonyl (C=O) groups excluding carboxylic acids is 1. The lowest BCUT2D eigenvalue weighted by molar-refractivity contribution is -0.123. The summed E-state index contributed by atoms with van der Waals surface area (Å²) in [6, 6.07) is 0. The Morgan fingerprint density at radius 1 is 1.33 bits per heavy atom. The zero-order chi connectivity index (χ0) is 8.60. The monoisotopic (exact) mass is 186 g/mol. The molecule has 0 N–H and O–H groups in total. The summed E-state index contributed by atoms with van der Waals surface area (Å²) in [6.07, 6.45) is 7.35. The van der Waals surface area contributed by atoms with Gasteiger partial charge in [0.2, 0.25) is 0 Å². The minimum atomic E-state index is 0.219. The van der Waals surface area contributed by atoms with E-state index in [1.807, 2.05) is 0 Å². The normalized spacial score (nSPS) is 42.4. The van der Waals surface area contributed by atoms with E-state index in [9.17, 15) is 4.79 Å². The van der Waals surface area contributed by atoms with Crippen molar-refractivity contribution in [3.05, 3.63) is 0 Å². The number of halogens is 1. The van der Waals surface area contributed by atoms with Crippen molar-refractivity contribution < 1.29 is 4.79 Å². The fraction of sp³-hybridized carbons (Fsp3) is 0.900. The topological polar surface area (TPSA) is 17.1 Å². The molecule has 1 nitrogen and oxygen atoms in total. The first-order chi connectivity index (χ1) is 5.73. The van der Waals surface area contributed by atoms with Gasteiger partial charge in [-0.15, -0.1) is 11.6 Å². The van der Waals surface area contributed by atoms with Gasteiger partial charge in [0.15, 0.2) is 0 Å². The molecule has 2 atom stereocenters. The Morgan fingerprint density at radius 3 is 2.67 bits per heavy atom. The van der Waals surface area contributed by atoms with Crippen molar-refractivity contribution in [1.82, 2.24) is 0 Å². The van der Waals surface area contributed by atoms with E-state index in [1.165, 1.54) is 19.3 Å². The molecule has 0 aliphatic heterocycles. The highest BCUT2D eigenvalue weighted by atomic mass is 35.5. The molecular formula is C10H15ClO. The maximum absolute atomic E-state index is 11.3. The molecule has 2 fully saturated rings. The molecule has 0 aromatic carbocycles. The summed E-state index contributed by atoms with van der Waals surface area (Å²) in [5.74, 6) is 0.439. The summed E-state index contributed by atoms with van der Waals surface area (Å²) in [4.78, 5) is 11.3. The summed E-state index contributed by atoms with van der Waals surface area (Å²) >= 11 is 6.26. The zero-order valence-corrected chi connectivity index (χ0v) is 8.07. The third-order valence-electron chi connectivity index (χ3n) is 3.48. The van der Waals surface area contributed by atoms with Crippen molar-refractivity contribution in [1.29, 1.82) is 0 Å². The highest BCUT2D eigenvalue weighted by molar-refractivity contribution is 6.21. The quantitative estimate of drug-likeness (QED) is 0.532. The van der Waals surface area contributed by atoms with E-state index in [0.717, 1.165) is 25.7 Å². The molecule has 1 spiro atoms. The van der Waals surface area contributed by atoms with Crippen LogP contribution in [0.5, 0.6) is 0 Å². The Labute approximate surface area is 78.5 Å². The Balaban J connectivity index is 2.13. The lowest BCUT2D eigenvalue weighted by atomic mass is 9.72. The molecule has 0 bridgehead atoms. The van der Waals surface area contributed by atoms with Crippen LogP contribution in [0.15, 0.2) is 0 Å². The largest absolute Gasteiger partial charge is 0.300 e. The van der Waals surface area contributed by atoms with Crippen molar-refractivity contribution in [2.75, 3.05) is 0 Å². The van der Waals surface area contributed by atoms with Crippen LogP contribution >= 0.6 is 11.6 Å². The number of Topliss-reactive ketones (excluding diaryl/α,β-unsaturated/α-hetero) is 1. The number of carbonyl (C=O) groups is 1. The molecule has 68 valence electrons. The van der Waals surface area contributed by atoms with Gasteiger partial charge in [-0.05, 0) is 31.1 Å². The van der Waals surface area contributed by atoms with E-state index in [2.05, 4.69) is 0 Å². The van der Waals surface area contributed by atoms with Gasteiger partial charge in [0.05, 0.1) is 0 Å². The van der Waals surface area contributed by atoms with Crippen molar-refractivity contribution in [3.63, 3.8) is 0 Å². The molecular weight excluding hydrogens is 172 g/mol. The number of rotatable bonds is 0. The molecule has 0 amide bonds. The van der Waals surface area contributed by atoms with Gasteiger partial charge < -0.3 is 0 Å². The number of ketones is 1. The van der Waals surface area contributed by atoms with E-state index in [1.54, 1.807) is 0 Å². The summed E-state index contributed by atoms with van der Waals surface area (Å²) in [5, 5.41) is 0.279. The summed E-state index contributed by atoms with van der Waals surface area (Å²) in [6.45, 7) is 0. The second kappa shape index (κ2) is 3.02. The minimum Gasteiger partial charge on any atom is -0.300 e. The second-order valence-corrected chi connectivity index (χ2v) is 4.82. The van der Waals surface area contributed by atoms with Gasteiger partial charge in [0.25, 0.3) is 0 Å². The van der Waals surface area contributed by atoms with Crippen LogP contribution in [-0.4, -0.2) is 11.2 Å². The van der Waals surface area contributed by atoms with E-state index < -0.39 is 0 Å².